The van der Waals surface area contributed by atoms with Gasteiger partial charge in [0, 0.05) is 12.5 Å². The molecule has 1 atom stereocenters. The van der Waals surface area contributed by atoms with E-state index >= 15 is 0 Å². The Bertz CT molecular complexity index is 850. The van der Waals surface area contributed by atoms with Crippen LogP contribution in [0.4, 0.5) is 24.5 Å². The number of halogens is 3. The lowest BCUT2D eigenvalue weighted by Crippen LogP contribution is -2.41. The lowest BCUT2D eigenvalue weighted by molar-refractivity contribution is -0.137. The fraction of sp³-hybridized carbons (Fsp3) is 0.263. The summed E-state index contributed by atoms with van der Waals surface area (Å²) in [7, 11) is 0. The molecule has 2 aromatic carbocycles. The normalized spacial score (nSPS) is 17.0. The Balaban J connectivity index is 1.74. The molecule has 0 spiro atoms. The van der Waals surface area contributed by atoms with Crippen molar-refractivity contribution in [1.29, 1.82) is 0 Å². The van der Waals surface area contributed by atoms with Gasteiger partial charge in [0.1, 0.15) is 5.75 Å². The van der Waals surface area contributed by atoms with Crippen molar-refractivity contribution in [2.75, 3.05) is 16.8 Å². The number of hydrogen-bond donors (Lipinski definition) is 1. The minimum atomic E-state index is -4.43. The Morgan fingerprint density at radius 2 is 1.85 bits per heavy atom. The first kappa shape index (κ1) is 18.8. The minimum absolute atomic E-state index is 0.126. The average Bonchev–Trinajstić information content (AvgIpc) is 2.73. The molecule has 0 radical (unpaired) electrons. The number of carbonyl (C=O) groups is 2. The van der Waals surface area contributed by atoms with Crippen molar-refractivity contribution in [3.8, 4) is 5.75 Å². The molecule has 0 saturated carbocycles. The van der Waals surface area contributed by atoms with E-state index in [0.717, 1.165) is 12.1 Å². The Labute approximate surface area is 153 Å². The summed E-state index contributed by atoms with van der Waals surface area (Å²) in [6.45, 7) is 1.38. The molecule has 2 amide bonds. The largest absolute Gasteiger partial charge is 0.484 e. The van der Waals surface area contributed by atoms with Crippen LogP contribution in [0.25, 0.3) is 0 Å². The summed E-state index contributed by atoms with van der Waals surface area (Å²) < 4.78 is 43.1. The summed E-state index contributed by atoms with van der Waals surface area (Å²) in [5.41, 5.74) is 0.285. The van der Waals surface area contributed by atoms with Gasteiger partial charge in [-0.2, -0.15) is 13.2 Å². The molecule has 1 aliphatic heterocycles. The second-order valence-electron chi connectivity index (χ2n) is 6.19. The number of para-hydroxylation sites is 2. The third kappa shape index (κ3) is 4.21. The number of nitrogens with one attached hydrogen (secondary N) is 1. The predicted octanol–water partition coefficient (Wildman–Crippen LogP) is 3.85. The Hall–Kier alpha value is -3.03. The zero-order valence-corrected chi connectivity index (χ0v) is 14.4. The summed E-state index contributed by atoms with van der Waals surface area (Å²) in [5.74, 6) is -0.443. The van der Waals surface area contributed by atoms with Crippen LogP contribution < -0.4 is 15.0 Å². The van der Waals surface area contributed by atoms with Crippen LogP contribution in [0.3, 0.4) is 0 Å². The molecular weight excluding hydrogens is 361 g/mol. The summed E-state index contributed by atoms with van der Waals surface area (Å²) in [6.07, 6.45) is -4.31. The van der Waals surface area contributed by atoms with Gasteiger partial charge in [-0.15, -0.1) is 0 Å². The van der Waals surface area contributed by atoms with E-state index in [4.69, 9.17) is 4.74 Å². The predicted molar refractivity (Wildman–Crippen MR) is 93.6 cm³/mol. The molecule has 1 heterocycles. The second-order valence-corrected chi connectivity index (χ2v) is 6.19. The van der Waals surface area contributed by atoms with Crippen LogP contribution in [0.15, 0.2) is 48.5 Å². The summed E-state index contributed by atoms with van der Waals surface area (Å²) in [6, 6.07) is 10.6. The maximum Gasteiger partial charge on any atom is 0.416 e. The van der Waals surface area contributed by atoms with Gasteiger partial charge in [0.05, 0.1) is 16.9 Å². The van der Waals surface area contributed by atoms with Crippen LogP contribution in [0.1, 0.15) is 18.9 Å². The van der Waals surface area contributed by atoms with Gasteiger partial charge in [-0.05, 0) is 43.3 Å². The molecule has 5 nitrogen and oxygen atoms in total. The second kappa shape index (κ2) is 7.30. The highest BCUT2D eigenvalue weighted by Gasteiger charge is 2.31. The SMILES string of the molecule is C[C@H]1CC(=O)Nc2ccccc2N1C(=O)COc1ccc(C(F)(F)F)cc1. The topological polar surface area (TPSA) is 58.6 Å². The maximum atomic E-state index is 12.7. The number of hydrogen-bond acceptors (Lipinski definition) is 3. The highest BCUT2D eigenvalue weighted by molar-refractivity contribution is 6.04. The summed E-state index contributed by atoms with van der Waals surface area (Å²) in [4.78, 5) is 26.1. The smallest absolute Gasteiger partial charge is 0.416 e. The lowest BCUT2D eigenvalue weighted by Gasteiger charge is -2.27. The number of carbonyl (C=O) groups excluding carboxylic acids is 2. The Kier molecular flexibility index (Phi) is 5.07. The van der Waals surface area contributed by atoms with Crippen LogP contribution in [0.2, 0.25) is 0 Å². The van der Waals surface area contributed by atoms with E-state index in [1.54, 1.807) is 31.2 Å². The molecule has 2 aromatic rings. The Morgan fingerprint density at radius 1 is 1.19 bits per heavy atom. The lowest BCUT2D eigenvalue weighted by atomic mass is 10.1. The van der Waals surface area contributed by atoms with Gasteiger partial charge in [0.2, 0.25) is 5.91 Å². The standard InChI is InChI=1S/C19H17F3N2O3/c1-12-10-17(25)23-15-4-2-3-5-16(15)24(12)18(26)11-27-14-8-6-13(7-9-14)19(20,21)22/h2-9,12H,10-11H2,1H3,(H,23,25)/t12-/m0/s1. The van der Waals surface area contributed by atoms with Crippen LogP contribution in [0.5, 0.6) is 5.75 Å². The van der Waals surface area contributed by atoms with E-state index in [2.05, 4.69) is 5.32 Å². The van der Waals surface area contributed by atoms with Crippen LogP contribution >= 0.6 is 0 Å². The third-order valence-electron chi connectivity index (χ3n) is 4.17. The van der Waals surface area contributed by atoms with Gasteiger partial charge in [-0.3, -0.25) is 9.59 Å². The van der Waals surface area contributed by atoms with Crippen LogP contribution in [0, 0.1) is 0 Å². The first-order chi connectivity index (χ1) is 12.8. The fourth-order valence-corrected chi connectivity index (χ4v) is 2.92. The van der Waals surface area contributed by atoms with Gasteiger partial charge in [0.15, 0.2) is 6.61 Å². The number of anilines is 2. The molecule has 0 bridgehead atoms. The summed E-state index contributed by atoms with van der Waals surface area (Å²) in [5, 5.41) is 2.75. The number of nitrogens with zero attached hydrogens (tertiary/aromatic N) is 1. The molecule has 0 saturated heterocycles. The van der Waals surface area contributed by atoms with Crippen molar-refractivity contribution in [2.45, 2.75) is 25.6 Å². The van der Waals surface area contributed by atoms with Crippen LogP contribution in [-0.4, -0.2) is 24.5 Å². The number of ether oxygens (including phenoxy) is 1. The van der Waals surface area contributed by atoms with Gasteiger partial charge >= 0.3 is 6.18 Å². The highest BCUT2D eigenvalue weighted by Crippen LogP contribution is 2.32. The molecule has 0 aromatic heterocycles. The van der Waals surface area contributed by atoms with Gasteiger partial charge in [-0.25, -0.2) is 0 Å². The van der Waals surface area contributed by atoms with E-state index < -0.39 is 23.7 Å². The van der Waals surface area contributed by atoms with Crippen molar-refractivity contribution in [1.82, 2.24) is 0 Å². The van der Waals surface area contributed by atoms with Gasteiger partial charge in [-0.1, -0.05) is 12.1 Å². The maximum absolute atomic E-state index is 12.7. The third-order valence-corrected chi connectivity index (χ3v) is 4.17. The number of fused-ring (bicyclic) bond motifs is 1. The van der Waals surface area contributed by atoms with Crippen molar-refractivity contribution >= 4 is 23.2 Å². The average molecular weight is 378 g/mol. The van der Waals surface area contributed by atoms with E-state index in [1.165, 1.54) is 17.0 Å². The quantitative estimate of drug-likeness (QED) is 0.883. The molecule has 3 rings (SSSR count). The Morgan fingerprint density at radius 3 is 2.52 bits per heavy atom. The van der Waals surface area contributed by atoms with Gasteiger partial charge in [0.25, 0.3) is 5.91 Å². The molecule has 0 unspecified atom stereocenters. The van der Waals surface area contributed by atoms with Crippen molar-refractivity contribution in [3.05, 3.63) is 54.1 Å². The van der Waals surface area contributed by atoms with E-state index in [9.17, 15) is 22.8 Å². The molecule has 1 aliphatic rings. The number of rotatable bonds is 3. The van der Waals surface area contributed by atoms with Crippen molar-refractivity contribution in [2.24, 2.45) is 0 Å². The molecule has 8 heteroatoms. The monoisotopic (exact) mass is 378 g/mol. The molecule has 1 N–H and O–H groups in total. The molecule has 0 fully saturated rings. The van der Waals surface area contributed by atoms with Crippen molar-refractivity contribution in [3.63, 3.8) is 0 Å². The zero-order valence-electron chi connectivity index (χ0n) is 14.4. The van der Waals surface area contributed by atoms with E-state index in [-0.39, 0.29) is 24.7 Å². The molecule has 27 heavy (non-hydrogen) atoms. The first-order valence-electron chi connectivity index (χ1n) is 8.26. The van der Waals surface area contributed by atoms with E-state index in [1.807, 2.05) is 0 Å². The number of alkyl halides is 3. The number of benzene rings is 2. The number of amides is 2. The van der Waals surface area contributed by atoms with E-state index in [0.29, 0.717) is 11.4 Å². The molecular formula is C19H17F3N2O3. The zero-order chi connectivity index (χ0) is 19.6. The minimum Gasteiger partial charge on any atom is -0.484 e. The van der Waals surface area contributed by atoms with Crippen LogP contribution in [-0.2, 0) is 15.8 Å². The fourth-order valence-electron chi connectivity index (χ4n) is 2.92. The van der Waals surface area contributed by atoms with Crippen molar-refractivity contribution < 1.29 is 27.5 Å². The highest BCUT2D eigenvalue weighted by atomic mass is 19.4. The first-order valence-corrected chi connectivity index (χ1v) is 8.26. The summed E-state index contributed by atoms with van der Waals surface area (Å²) >= 11 is 0. The van der Waals surface area contributed by atoms with Gasteiger partial charge < -0.3 is 15.0 Å². The molecule has 142 valence electrons. The molecule has 0 aliphatic carbocycles.